The largest absolute Gasteiger partial charge is 0.462 e. The molecule has 0 rings (SSSR count). The van der Waals surface area contributed by atoms with Crippen molar-refractivity contribution in [2.75, 3.05) is 13.2 Å². The van der Waals surface area contributed by atoms with Crippen LogP contribution in [-0.2, 0) is 28.6 Å². The van der Waals surface area contributed by atoms with Crippen molar-refractivity contribution in [1.29, 1.82) is 0 Å². The van der Waals surface area contributed by atoms with E-state index in [1.54, 1.807) is 0 Å². The standard InChI is InChI=1S/C77H128O6/c1-4-7-10-13-16-19-22-25-28-31-33-34-35-36-37-38-39-40-41-42-44-46-49-52-55-58-61-64-67-70-76(79)82-73-74(72-81-75(78)69-66-63-60-57-54-51-48-45-30-27-24-21-18-15-12-9-6-3)83-77(80)71-68-65-62-59-56-53-50-47-43-32-29-26-23-20-17-14-11-8-5-2/h7,9-10,12,16,18-19,21,25,27-28,30,33-34,36-37,39-40,42,44,48,51,74H,4-6,8,11,13-15,17,20,22-24,26,29,31-32,35,38,41,43,45-47,49-50,52-73H2,1-3H3/b10-7-,12-9-,19-16-,21-18-,28-25-,30-27-,34-33-,37-36-,40-39-,44-42-,51-48-. The van der Waals surface area contributed by atoms with Crippen LogP contribution in [0.5, 0.6) is 0 Å². The van der Waals surface area contributed by atoms with E-state index in [2.05, 4.69) is 154 Å². The zero-order chi connectivity index (χ0) is 59.9. The first kappa shape index (κ1) is 78.5. The third-order valence-electron chi connectivity index (χ3n) is 14.7. The Balaban J connectivity index is 4.40. The molecule has 0 radical (unpaired) electrons. The average Bonchev–Trinajstić information content (AvgIpc) is 3.49. The molecule has 1 atom stereocenters. The lowest BCUT2D eigenvalue weighted by Crippen LogP contribution is -2.30. The van der Waals surface area contributed by atoms with Crippen molar-refractivity contribution in [3.63, 3.8) is 0 Å². The molecule has 472 valence electrons. The first-order valence-corrected chi connectivity index (χ1v) is 34.7. The minimum absolute atomic E-state index is 0.0931. The molecule has 0 amide bonds. The second-order valence-electron chi connectivity index (χ2n) is 22.7. The Morgan fingerprint density at radius 1 is 0.253 bits per heavy atom. The molecule has 0 fully saturated rings. The summed E-state index contributed by atoms with van der Waals surface area (Å²) in [5.74, 6) is -0.917. The Labute approximate surface area is 513 Å². The molecule has 0 aromatic carbocycles. The Morgan fingerprint density at radius 2 is 0.470 bits per heavy atom. The highest BCUT2D eigenvalue weighted by Gasteiger charge is 2.19. The van der Waals surface area contributed by atoms with E-state index in [0.29, 0.717) is 19.3 Å². The summed E-state index contributed by atoms with van der Waals surface area (Å²) in [4.78, 5) is 38.5. The van der Waals surface area contributed by atoms with E-state index in [9.17, 15) is 14.4 Å². The van der Waals surface area contributed by atoms with Gasteiger partial charge >= 0.3 is 17.9 Å². The summed E-state index contributed by atoms with van der Waals surface area (Å²) in [7, 11) is 0. The van der Waals surface area contributed by atoms with Gasteiger partial charge in [-0.1, -0.05) is 315 Å². The second kappa shape index (κ2) is 70.0. The Hall–Kier alpha value is -4.45. The zero-order valence-corrected chi connectivity index (χ0v) is 54.2. The number of unbranched alkanes of at least 4 members (excludes halogenated alkanes) is 29. The number of rotatable bonds is 62. The summed E-state index contributed by atoms with van der Waals surface area (Å²) in [6.07, 6.45) is 98.9. The summed E-state index contributed by atoms with van der Waals surface area (Å²) < 4.78 is 17.0. The molecule has 0 aliphatic rings. The predicted octanol–water partition coefficient (Wildman–Crippen LogP) is 24.1. The van der Waals surface area contributed by atoms with Gasteiger partial charge in [-0.2, -0.15) is 0 Å². The highest BCUT2D eigenvalue weighted by molar-refractivity contribution is 5.71. The van der Waals surface area contributed by atoms with Gasteiger partial charge in [-0.3, -0.25) is 14.4 Å². The second-order valence-corrected chi connectivity index (χ2v) is 22.7. The van der Waals surface area contributed by atoms with Crippen molar-refractivity contribution in [2.24, 2.45) is 0 Å². The fourth-order valence-corrected chi connectivity index (χ4v) is 9.53. The average molecular weight is 1150 g/mol. The molecule has 0 aromatic rings. The van der Waals surface area contributed by atoms with Crippen LogP contribution in [0, 0.1) is 0 Å². The number of carbonyl (C=O) groups is 3. The van der Waals surface area contributed by atoms with E-state index in [1.165, 1.54) is 128 Å². The van der Waals surface area contributed by atoms with Crippen LogP contribution in [0.1, 0.15) is 316 Å². The summed E-state index contributed by atoms with van der Waals surface area (Å²) >= 11 is 0. The quantitative estimate of drug-likeness (QED) is 0.0261. The van der Waals surface area contributed by atoms with Crippen molar-refractivity contribution in [1.82, 2.24) is 0 Å². The van der Waals surface area contributed by atoms with Gasteiger partial charge in [0, 0.05) is 19.3 Å². The van der Waals surface area contributed by atoms with Crippen molar-refractivity contribution in [2.45, 2.75) is 322 Å². The predicted molar refractivity (Wildman–Crippen MR) is 362 cm³/mol. The molecule has 6 heteroatoms. The van der Waals surface area contributed by atoms with Gasteiger partial charge in [0.1, 0.15) is 13.2 Å². The van der Waals surface area contributed by atoms with Crippen molar-refractivity contribution < 1.29 is 28.6 Å². The van der Waals surface area contributed by atoms with E-state index in [0.717, 1.165) is 148 Å². The first-order valence-electron chi connectivity index (χ1n) is 34.7. The van der Waals surface area contributed by atoms with Gasteiger partial charge in [-0.05, 0) is 116 Å². The molecule has 0 spiro atoms. The molecule has 0 aliphatic heterocycles. The maximum absolute atomic E-state index is 13.0. The maximum Gasteiger partial charge on any atom is 0.306 e. The lowest BCUT2D eigenvalue weighted by molar-refractivity contribution is -0.167. The van der Waals surface area contributed by atoms with Crippen LogP contribution in [0.25, 0.3) is 0 Å². The van der Waals surface area contributed by atoms with Crippen LogP contribution < -0.4 is 0 Å². The fourth-order valence-electron chi connectivity index (χ4n) is 9.53. The van der Waals surface area contributed by atoms with Crippen LogP contribution in [0.2, 0.25) is 0 Å². The molecular formula is C77H128O6. The molecule has 0 aromatic heterocycles. The third-order valence-corrected chi connectivity index (χ3v) is 14.7. The number of allylic oxidation sites excluding steroid dienone is 22. The smallest absolute Gasteiger partial charge is 0.306 e. The lowest BCUT2D eigenvalue weighted by Gasteiger charge is -2.18. The lowest BCUT2D eigenvalue weighted by atomic mass is 10.0. The fraction of sp³-hybridized carbons (Fsp3) is 0.675. The Bertz CT molecular complexity index is 1750. The van der Waals surface area contributed by atoms with Gasteiger partial charge in [0.25, 0.3) is 0 Å². The number of carbonyl (C=O) groups excluding carboxylic acids is 3. The van der Waals surface area contributed by atoms with Gasteiger partial charge in [0.2, 0.25) is 0 Å². The number of ether oxygens (including phenoxy) is 3. The topological polar surface area (TPSA) is 78.9 Å². The Kier molecular flexibility index (Phi) is 66.3. The highest BCUT2D eigenvalue weighted by Crippen LogP contribution is 2.17. The minimum atomic E-state index is -0.798. The van der Waals surface area contributed by atoms with Crippen molar-refractivity contribution >= 4 is 17.9 Å². The molecular weight excluding hydrogens is 1020 g/mol. The summed E-state index contributed by atoms with van der Waals surface area (Å²) in [5.41, 5.74) is 0. The number of esters is 3. The van der Waals surface area contributed by atoms with E-state index < -0.39 is 6.10 Å². The van der Waals surface area contributed by atoms with Gasteiger partial charge < -0.3 is 14.2 Å². The summed E-state index contributed by atoms with van der Waals surface area (Å²) in [5, 5.41) is 0. The minimum Gasteiger partial charge on any atom is -0.462 e. The third kappa shape index (κ3) is 68.2. The van der Waals surface area contributed by atoms with E-state index in [4.69, 9.17) is 14.2 Å². The molecule has 0 heterocycles. The molecule has 0 aliphatic carbocycles. The van der Waals surface area contributed by atoms with Gasteiger partial charge in [-0.15, -0.1) is 0 Å². The van der Waals surface area contributed by atoms with Crippen LogP contribution in [-0.4, -0.2) is 37.2 Å². The number of hydrogen-bond acceptors (Lipinski definition) is 6. The van der Waals surface area contributed by atoms with E-state index in [-0.39, 0.29) is 31.1 Å². The molecule has 0 saturated carbocycles. The van der Waals surface area contributed by atoms with Crippen molar-refractivity contribution in [3.8, 4) is 0 Å². The highest BCUT2D eigenvalue weighted by atomic mass is 16.6. The normalized spacial score (nSPS) is 13.0. The van der Waals surface area contributed by atoms with Crippen LogP contribution >= 0.6 is 0 Å². The van der Waals surface area contributed by atoms with Crippen molar-refractivity contribution in [3.05, 3.63) is 134 Å². The summed E-state index contributed by atoms with van der Waals surface area (Å²) in [6.45, 7) is 6.41. The molecule has 6 nitrogen and oxygen atoms in total. The van der Waals surface area contributed by atoms with Crippen LogP contribution in [0.15, 0.2) is 134 Å². The zero-order valence-electron chi connectivity index (χ0n) is 54.2. The van der Waals surface area contributed by atoms with E-state index >= 15 is 0 Å². The molecule has 83 heavy (non-hydrogen) atoms. The molecule has 0 N–H and O–H groups in total. The molecule has 0 saturated heterocycles. The molecule has 0 bridgehead atoms. The van der Waals surface area contributed by atoms with E-state index in [1.807, 2.05) is 0 Å². The monoisotopic (exact) mass is 1150 g/mol. The first-order chi connectivity index (χ1) is 41.0. The van der Waals surface area contributed by atoms with Crippen LogP contribution in [0.3, 0.4) is 0 Å². The van der Waals surface area contributed by atoms with Crippen LogP contribution in [0.4, 0.5) is 0 Å². The molecule has 1 unspecified atom stereocenters. The van der Waals surface area contributed by atoms with Gasteiger partial charge in [0.15, 0.2) is 6.10 Å². The van der Waals surface area contributed by atoms with Gasteiger partial charge in [-0.25, -0.2) is 0 Å². The van der Waals surface area contributed by atoms with Gasteiger partial charge in [0.05, 0.1) is 0 Å². The number of hydrogen-bond donors (Lipinski definition) is 0. The summed E-state index contributed by atoms with van der Waals surface area (Å²) in [6, 6.07) is 0. The SMILES string of the molecule is CC/C=C\C/C=C\C/C=C\C/C=C\C/C=C\C/C=C\C/C=C\CCCCCCCCCC(=O)OCC(COC(=O)CCCCCC/C=C\C/C=C\C/C=C\C/C=C\CC)OC(=O)CCCCCCCCCCCCCCCCCCCCC. The maximum atomic E-state index is 13.0. The Morgan fingerprint density at radius 3 is 0.735 bits per heavy atom.